The molecular formula is C11H20N4. The molecule has 0 bridgehead atoms. The molecule has 0 spiro atoms. The van der Waals surface area contributed by atoms with Crippen molar-refractivity contribution in [2.24, 2.45) is 0 Å². The van der Waals surface area contributed by atoms with E-state index >= 15 is 0 Å². The van der Waals surface area contributed by atoms with Crippen molar-refractivity contribution >= 4 is 0 Å². The van der Waals surface area contributed by atoms with Gasteiger partial charge in [-0.15, -0.1) is 5.10 Å². The van der Waals surface area contributed by atoms with Crippen LogP contribution >= 0.6 is 0 Å². The van der Waals surface area contributed by atoms with E-state index in [4.69, 9.17) is 0 Å². The summed E-state index contributed by atoms with van der Waals surface area (Å²) in [6, 6.07) is 0.581. The Morgan fingerprint density at radius 2 is 2.40 bits per heavy atom. The molecule has 1 atom stereocenters. The lowest BCUT2D eigenvalue weighted by Gasteiger charge is -2.24. The lowest BCUT2D eigenvalue weighted by Crippen LogP contribution is -2.38. The highest BCUT2D eigenvalue weighted by Crippen LogP contribution is 2.14. The highest BCUT2D eigenvalue weighted by atomic mass is 15.4. The number of hydrogen-bond acceptors (Lipinski definition) is 3. The minimum Gasteiger partial charge on any atom is -0.312 e. The molecule has 1 aliphatic heterocycles. The monoisotopic (exact) mass is 208 g/mol. The molecule has 1 unspecified atom stereocenters. The molecule has 0 aromatic carbocycles. The van der Waals surface area contributed by atoms with Gasteiger partial charge in [-0.2, -0.15) is 0 Å². The van der Waals surface area contributed by atoms with Crippen molar-refractivity contribution < 1.29 is 0 Å². The van der Waals surface area contributed by atoms with Crippen molar-refractivity contribution in [2.75, 3.05) is 6.54 Å². The summed E-state index contributed by atoms with van der Waals surface area (Å²) in [5, 5.41) is 11.7. The van der Waals surface area contributed by atoms with E-state index in [2.05, 4.69) is 29.5 Å². The molecule has 1 saturated heterocycles. The normalized spacial score (nSPS) is 22.2. The van der Waals surface area contributed by atoms with Gasteiger partial charge < -0.3 is 5.32 Å². The molecule has 0 aliphatic carbocycles. The molecule has 2 heterocycles. The van der Waals surface area contributed by atoms with Crippen LogP contribution in [0.3, 0.4) is 0 Å². The first-order valence-corrected chi connectivity index (χ1v) is 5.89. The molecule has 1 aliphatic rings. The maximum atomic E-state index is 4.16. The molecule has 1 aromatic rings. The molecule has 1 fully saturated rings. The summed E-state index contributed by atoms with van der Waals surface area (Å²) in [6.07, 6.45) is 5.79. The first-order chi connectivity index (χ1) is 7.27. The molecule has 4 heteroatoms. The summed E-state index contributed by atoms with van der Waals surface area (Å²) < 4.78 is 2.05. The zero-order chi connectivity index (χ0) is 10.7. The number of nitrogens with one attached hydrogen (secondary N) is 1. The third-order valence-electron chi connectivity index (χ3n) is 3.04. The van der Waals surface area contributed by atoms with Gasteiger partial charge in [-0.3, -0.25) is 0 Å². The summed E-state index contributed by atoms with van der Waals surface area (Å²) in [5.41, 5.74) is 1.24. The van der Waals surface area contributed by atoms with Crippen LogP contribution < -0.4 is 5.32 Å². The van der Waals surface area contributed by atoms with Gasteiger partial charge in [-0.1, -0.05) is 25.5 Å². The molecule has 1 aromatic heterocycles. The average molecular weight is 208 g/mol. The van der Waals surface area contributed by atoms with Gasteiger partial charge in [0.2, 0.25) is 0 Å². The summed E-state index contributed by atoms with van der Waals surface area (Å²) in [5.74, 6) is 0.503. The van der Waals surface area contributed by atoms with Crippen LogP contribution in [-0.4, -0.2) is 27.6 Å². The topological polar surface area (TPSA) is 42.7 Å². The molecular weight excluding hydrogens is 188 g/mol. The second-order valence-electron chi connectivity index (χ2n) is 4.64. The Hall–Kier alpha value is -0.900. The number of hydrogen-bond donors (Lipinski definition) is 1. The molecule has 84 valence electrons. The average Bonchev–Trinajstić information content (AvgIpc) is 2.67. The first kappa shape index (κ1) is 10.6. The van der Waals surface area contributed by atoms with E-state index in [1.807, 2.05) is 10.9 Å². The van der Waals surface area contributed by atoms with E-state index in [0.717, 1.165) is 13.1 Å². The molecule has 15 heavy (non-hydrogen) atoms. The van der Waals surface area contributed by atoms with Crippen LogP contribution in [0.15, 0.2) is 6.20 Å². The second-order valence-corrected chi connectivity index (χ2v) is 4.64. The van der Waals surface area contributed by atoms with Gasteiger partial charge in [0, 0.05) is 6.04 Å². The van der Waals surface area contributed by atoms with Crippen molar-refractivity contribution in [3.63, 3.8) is 0 Å². The van der Waals surface area contributed by atoms with Crippen molar-refractivity contribution in [3.05, 3.63) is 11.9 Å². The van der Waals surface area contributed by atoms with E-state index < -0.39 is 0 Å². The maximum absolute atomic E-state index is 4.16. The predicted octanol–water partition coefficient (Wildman–Crippen LogP) is 1.54. The second kappa shape index (κ2) is 4.75. The fourth-order valence-corrected chi connectivity index (χ4v) is 2.14. The van der Waals surface area contributed by atoms with Gasteiger partial charge in [0.15, 0.2) is 0 Å². The van der Waals surface area contributed by atoms with Crippen molar-refractivity contribution in [2.45, 2.75) is 51.6 Å². The Bertz CT molecular complexity index is 299. The molecule has 0 amide bonds. The third kappa shape index (κ3) is 2.56. The number of rotatable bonds is 3. The van der Waals surface area contributed by atoms with Gasteiger partial charge in [0.05, 0.1) is 18.4 Å². The van der Waals surface area contributed by atoms with Gasteiger partial charge >= 0.3 is 0 Å². The van der Waals surface area contributed by atoms with Gasteiger partial charge in [-0.05, 0) is 25.3 Å². The van der Waals surface area contributed by atoms with Gasteiger partial charge in [0.25, 0.3) is 0 Å². The predicted molar refractivity (Wildman–Crippen MR) is 59.8 cm³/mol. The van der Waals surface area contributed by atoms with Crippen LogP contribution in [0.5, 0.6) is 0 Å². The summed E-state index contributed by atoms with van der Waals surface area (Å²) in [7, 11) is 0. The lowest BCUT2D eigenvalue weighted by atomic mass is 10.0. The molecule has 4 nitrogen and oxygen atoms in total. The smallest absolute Gasteiger partial charge is 0.0727 e. The van der Waals surface area contributed by atoms with E-state index in [9.17, 15) is 0 Å². The zero-order valence-corrected chi connectivity index (χ0v) is 9.61. The Kier molecular flexibility index (Phi) is 3.36. The van der Waals surface area contributed by atoms with Crippen LogP contribution in [0.4, 0.5) is 0 Å². The van der Waals surface area contributed by atoms with Crippen LogP contribution in [0.2, 0.25) is 0 Å². The van der Waals surface area contributed by atoms with E-state index in [1.54, 1.807) is 0 Å². The maximum Gasteiger partial charge on any atom is 0.0727 e. The van der Waals surface area contributed by atoms with Crippen LogP contribution in [0.1, 0.15) is 44.7 Å². The van der Waals surface area contributed by atoms with Crippen molar-refractivity contribution in [3.8, 4) is 0 Å². The number of aromatic nitrogens is 3. The highest BCUT2D eigenvalue weighted by Gasteiger charge is 2.16. The van der Waals surface area contributed by atoms with Crippen LogP contribution in [0.25, 0.3) is 0 Å². The SMILES string of the molecule is CC(C)c1cnnn1CC1CCCCN1. The van der Waals surface area contributed by atoms with Crippen LogP contribution in [-0.2, 0) is 6.54 Å². The number of piperidine rings is 1. The Morgan fingerprint density at radius 3 is 3.07 bits per heavy atom. The van der Waals surface area contributed by atoms with Crippen molar-refractivity contribution in [1.29, 1.82) is 0 Å². The quantitative estimate of drug-likeness (QED) is 0.819. The highest BCUT2D eigenvalue weighted by molar-refractivity contribution is 5.00. The van der Waals surface area contributed by atoms with E-state index in [-0.39, 0.29) is 0 Å². The Morgan fingerprint density at radius 1 is 1.53 bits per heavy atom. The van der Waals surface area contributed by atoms with Crippen molar-refractivity contribution in [1.82, 2.24) is 20.3 Å². The fourth-order valence-electron chi connectivity index (χ4n) is 2.14. The standard InChI is InChI=1S/C11H20N4/c1-9(2)11-7-13-14-15(11)8-10-5-3-4-6-12-10/h7,9-10,12H,3-6,8H2,1-2H3. The lowest BCUT2D eigenvalue weighted by molar-refractivity contribution is 0.342. The summed E-state index contributed by atoms with van der Waals surface area (Å²) in [4.78, 5) is 0. The first-order valence-electron chi connectivity index (χ1n) is 5.89. The molecule has 1 N–H and O–H groups in total. The fraction of sp³-hybridized carbons (Fsp3) is 0.818. The van der Waals surface area contributed by atoms with E-state index in [1.165, 1.54) is 25.0 Å². The summed E-state index contributed by atoms with van der Waals surface area (Å²) in [6.45, 7) is 6.48. The zero-order valence-electron chi connectivity index (χ0n) is 9.61. The summed E-state index contributed by atoms with van der Waals surface area (Å²) >= 11 is 0. The molecule has 0 saturated carbocycles. The largest absolute Gasteiger partial charge is 0.312 e. The molecule has 2 rings (SSSR count). The Balaban J connectivity index is 1.99. The van der Waals surface area contributed by atoms with Gasteiger partial charge in [0.1, 0.15) is 0 Å². The van der Waals surface area contributed by atoms with E-state index in [0.29, 0.717) is 12.0 Å². The Labute approximate surface area is 91.1 Å². The minimum absolute atomic E-state index is 0.503. The molecule has 0 radical (unpaired) electrons. The van der Waals surface area contributed by atoms with Gasteiger partial charge in [-0.25, -0.2) is 4.68 Å². The number of nitrogens with zero attached hydrogens (tertiary/aromatic N) is 3. The third-order valence-corrected chi connectivity index (χ3v) is 3.04. The minimum atomic E-state index is 0.503. The van der Waals surface area contributed by atoms with Crippen LogP contribution in [0, 0.1) is 0 Å².